The van der Waals surface area contributed by atoms with Crippen LogP contribution in [0.3, 0.4) is 0 Å². The number of hydrogen-bond acceptors (Lipinski definition) is 12. The van der Waals surface area contributed by atoms with E-state index in [0.29, 0.717) is 0 Å². The van der Waals surface area contributed by atoms with Crippen LogP contribution in [-0.2, 0) is 57.1 Å². The molecule has 0 aromatic carbocycles. The Hall–Kier alpha value is -2.28. The minimum Gasteiger partial charge on any atom is -0.461 e. The highest BCUT2D eigenvalue weighted by atomic mass is 16.8. The molecule has 12 heteroatoms. The zero-order chi connectivity index (χ0) is 23.3. The topological polar surface area (TPSA) is 142 Å². The summed E-state index contributed by atoms with van der Waals surface area (Å²) in [6.07, 6.45) is -6.96. The second-order valence-electron chi connectivity index (χ2n) is 7.45. The highest BCUT2D eigenvalue weighted by molar-refractivity contribution is 5.75. The van der Waals surface area contributed by atoms with Gasteiger partial charge in [-0.1, -0.05) is 0 Å². The van der Waals surface area contributed by atoms with Crippen molar-refractivity contribution in [2.24, 2.45) is 0 Å². The number of hydrogen-bond donors (Lipinski definition) is 0. The van der Waals surface area contributed by atoms with Gasteiger partial charge in [-0.2, -0.15) is 0 Å². The zero-order valence-corrected chi connectivity index (χ0v) is 18.3. The van der Waals surface area contributed by atoms with Gasteiger partial charge in [0.15, 0.2) is 36.5 Å². The van der Waals surface area contributed by atoms with E-state index in [-0.39, 0.29) is 13.2 Å². The van der Waals surface area contributed by atoms with Crippen molar-refractivity contribution in [2.45, 2.75) is 77.2 Å². The Morgan fingerprint density at radius 1 is 0.903 bits per heavy atom. The first-order valence-corrected chi connectivity index (χ1v) is 9.62. The van der Waals surface area contributed by atoms with Gasteiger partial charge in [0.2, 0.25) is 0 Å². The van der Waals surface area contributed by atoms with Crippen molar-refractivity contribution in [2.75, 3.05) is 20.3 Å². The van der Waals surface area contributed by atoms with E-state index in [4.69, 9.17) is 37.9 Å². The van der Waals surface area contributed by atoms with E-state index >= 15 is 0 Å². The van der Waals surface area contributed by atoms with Gasteiger partial charge >= 0.3 is 23.9 Å². The van der Waals surface area contributed by atoms with Crippen LogP contribution in [0.5, 0.6) is 0 Å². The summed E-state index contributed by atoms with van der Waals surface area (Å²) in [5.74, 6) is -3.76. The Bertz CT molecular complexity index is 689. The van der Waals surface area contributed by atoms with E-state index in [2.05, 4.69) is 0 Å². The van der Waals surface area contributed by atoms with Crippen LogP contribution in [-0.4, -0.2) is 86.8 Å². The zero-order valence-electron chi connectivity index (χ0n) is 18.3. The van der Waals surface area contributed by atoms with Crippen molar-refractivity contribution in [3.05, 3.63) is 0 Å². The molecule has 31 heavy (non-hydrogen) atoms. The van der Waals surface area contributed by atoms with Gasteiger partial charge < -0.3 is 37.9 Å². The minimum atomic E-state index is -1.27. The van der Waals surface area contributed by atoms with Crippen molar-refractivity contribution in [3.63, 3.8) is 0 Å². The molecule has 6 atom stereocenters. The van der Waals surface area contributed by atoms with E-state index in [1.807, 2.05) is 0 Å². The fraction of sp³-hybridized carbons (Fsp3) is 0.789. The molecule has 2 aliphatic rings. The molecule has 0 saturated carbocycles. The average Bonchev–Trinajstić information content (AvgIpc) is 3.02. The summed E-state index contributed by atoms with van der Waals surface area (Å²) in [5.41, 5.74) is 0. The van der Waals surface area contributed by atoms with Gasteiger partial charge in [-0.15, -0.1) is 0 Å². The number of rotatable bonds is 7. The maximum atomic E-state index is 12.3. The Morgan fingerprint density at radius 3 is 1.94 bits per heavy atom. The molecule has 0 aliphatic carbocycles. The molecule has 0 N–H and O–H groups in total. The molecule has 2 aliphatic heterocycles. The lowest BCUT2D eigenvalue weighted by Crippen LogP contribution is -2.62. The van der Waals surface area contributed by atoms with Crippen molar-refractivity contribution in [1.29, 1.82) is 0 Å². The molecule has 0 radical (unpaired) electrons. The molecule has 0 amide bonds. The monoisotopic (exact) mass is 448 g/mol. The highest BCUT2D eigenvalue weighted by Gasteiger charge is 2.52. The second kappa shape index (κ2) is 10.4. The van der Waals surface area contributed by atoms with Crippen LogP contribution in [0.1, 0.15) is 34.6 Å². The smallest absolute Gasteiger partial charge is 0.337 e. The molecule has 0 bridgehead atoms. The molecule has 0 unspecified atom stereocenters. The fourth-order valence-electron chi connectivity index (χ4n) is 3.24. The van der Waals surface area contributed by atoms with Gasteiger partial charge in [0.1, 0.15) is 12.7 Å². The first-order valence-electron chi connectivity index (χ1n) is 9.62. The normalized spacial score (nSPS) is 32.1. The Labute approximate surface area is 179 Å². The second-order valence-corrected chi connectivity index (χ2v) is 7.45. The van der Waals surface area contributed by atoms with Gasteiger partial charge in [0.25, 0.3) is 0 Å². The van der Waals surface area contributed by atoms with Gasteiger partial charge in [0.05, 0.1) is 6.61 Å². The van der Waals surface area contributed by atoms with Gasteiger partial charge in [-0.3, -0.25) is 14.4 Å². The SMILES string of the molecule is CO[C@H]1O[C@H](COC(=O)[C@H]2COC(C)(C)O2)[C@H](OC(C)=O)[C@H](OC(C)=O)[C@H]1OC(C)=O. The third-order valence-corrected chi connectivity index (χ3v) is 4.39. The summed E-state index contributed by atoms with van der Waals surface area (Å²) in [7, 11) is 1.28. The molecular weight excluding hydrogens is 420 g/mol. The summed E-state index contributed by atoms with van der Waals surface area (Å²) in [5, 5.41) is 0. The average molecular weight is 448 g/mol. The fourth-order valence-corrected chi connectivity index (χ4v) is 3.24. The summed E-state index contributed by atoms with van der Waals surface area (Å²) in [6.45, 7) is 6.37. The molecule has 2 fully saturated rings. The van der Waals surface area contributed by atoms with Crippen LogP contribution < -0.4 is 0 Å². The van der Waals surface area contributed by atoms with Crippen LogP contribution in [0.2, 0.25) is 0 Å². The number of methoxy groups -OCH3 is 1. The molecule has 0 aromatic heterocycles. The van der Waals surface area contributed by atoms with Gasteiger partial charge in [-0.05, 0) is 13.8 Å². The number of ether oxygens (including phenoxy) is 8. The summed E-state index contributed by atoms with van der Waals surface area (Å²) in [6, 6.07) is 0. The van der Waals surface area contributed by atoms with E-state index in [0.717, 1.165) is 20.8 Å². The highest BCUT2D eigenvalue weighted by Crippen LogP contribution is 2.30. The van der Waals surface area contributed by atoms with Crippen LogP contribution >= 0.6 is 0 Å². The first kappa shape index (κ1) is 25.0. The Morgan fingerprint density at radius 2 is 1.45 bits per heavy atom. The number of carbonyl (C=O) groups is 4. The number of carbonyl (C=O) groups excluding carboxylic acids is 4. The lowest BCUT2D eigenvalue weighted by atomic mass is 9.98. The lowest BCUT2D eigenvalue weighted by Gasteiger charge is -2.43. The Balaban J connectivity index is 2.20. The molecule has 2 heterocycles. The van der Waals surface area contributed by atoms with Crippen molar-refractivity contribution in [1.82, 2.24) is 0 Å². The van der Waals surface area contributed by atoms with E-state index in [1.165, 1.54) is 7.11 Å². The van der Waals surface area contributed by atoms with Gasteiger partial charge in [-0.25, -0.2) is 4.79 Å². The Kier molecular flexibility index (Phi) is 8.34. The predicted octanol–water partition coefficient (Wildman–Crippen LogP) is -0.152. The third kappa shape index (κ3) is 6.86. The molecule has 12 nitrogen and oxygen atoms in total. The minimum absolute atomic E-state index is 0.00995. The maximum absolute atomic E-state index is 12.3. The maximum Gasteiger partial charge on any atom is 0.337 e. The summed E-state index contributed by atoms with van der Waals surface area (Å²) >= 11 is 0. The summed E-state index contributed by atoms with van der Waals surface area (Å²) < 4.78 is 42.7. The van der Waals surface area contributed by atoms with Crippen molar-refractivity contribution < 1.29 is 57.1 Å². The third-order valence-electron chi connectivity index (χ3n) is 4.39. The molecule has 2 saturated heterocycles. The van der Waals surface area contributed by atoms with E-state index in [9.17, 15) is 19.2 Å². The van der Waals surface area contributed by atoms with Crippen LogP contribution in [0.15, 0.2) is 0 Å². The van der Waals surface area contributed by atoms with Crippen molar-refractivity contribution >= 4 is 23.9 Å². The molecule has 0 aromatic rings. The standard InChI is InChI=1S/C19H28O12/c1-9(20)27-14-12(7-25-17(23)13-8-26-19(4,5)31-13)30-18(24-6)16(29-11(3)22)15(14)28-10(2)21/h12-16,18H,7-8H2,1-6H3/t12-,13-,14+,15+,16-,18+/m1/s1. The first-order chi connectivity index (χ1) is 14.4. The van der Waals surface area contributed by atoms with Crippen molar-refractivity contribution in [3.8, 4) is 0 Å². The van der Waals surface area contributed by atoms with Crippen LogP contribution in [0.25, 0.3) is 0 Å². The number of esters is 4. The molecule has 176 valence electrons. The molecular formula is C19H28O12. The molecule has 2 rings (SSSR count). The largest absolute Gasteiger partial charge is 0.461 e. The predicted molar refractivity (Wildman–Crippen MR) is 98.2 cm³/mol. The van der Waals surface area contributed by atoms with E-state index in [1.54, 1.807) is 13.8 Å². The van der Waals surface area contributed by atoms with Gasteiger partial charge in [0, 0.05) is 27.9 Å². The van der Waals surface area contributed by atoms with E-state index < -0.39 is 66.5 Å². The van der Waals surface area contributed by atoms with Crippen LogP contribution in [0, 0.1) is 0 Å². The quantitative estimate of drug-likeness (QED) is 0.377. The summed E-state index contributed by atoms with van der Waals surface area (Å²) in [4.78, 5) is 47.3. The lowest BCUT2D eigenvalue weighted by molar-refractivity contribution is -0.302. The molecule has 0 spiro atoms. The van der Waals surface area contributed by atoms with Crippen LogP contribution in [0.4, 0.5) is 0 Å².